The van der Waals surface area contributed by atoms with Crippen molar-refractivity contribution in [2.45, 2.75) is 30.7 Å². The van der Waals surface area contributed by atoms with Gasteiger partial charge in [0, 0.05) is 32.2 Å². The molecule has 2 heterocycles. The highest BCUT2D eigenvalue weighted by molar-refractivity contribution is 7.89. The van der Waals surface area contributed by atoms with E-state index in [1.165, 1.54) is 16.4 Å². The summed E-state index contributed by atoms with van der Waals surface area (Å²) in [5, 5.41) is 3.02. The SMILES string of the molecule is Cc1ccc(F)cc1S(=O)(=O)N1CCCC(N2CCNCC2=O)C1. The number of rotatable bonds is 3. The molecular weight excluding hydrogens is 333 g/mol. The fourth-order valence-corrected chi connectivity index (χ4v) is 5.14. The molecule has 2 aliphatic heterocycles. The van der Waals surface area contributed by atoms with E-state index in [-0.39, 0.29) is 23.4 Å². The summed E-state index contributed by atoms with van der Waals surface area (Å²) >= 11 is 0. The van der Waals surface area contributed by atoms with Gasteiger partial charge in [-0.1, -0.05) is 6.07 Å². The third kappa shape index (κ3) is 3.31. The lowest BCUT2D eigenvalue weighted by Gasteiger charge is -2.40. The number of nitrogens with one attached hydrogen (secondary N) is 1. The van der Waals surface area contributed by atoms with Gasteiger partial charge in [0.05, 0.1) is 11.4 Å². The lowest BCUT2D eigenvalue weighted by atomic mass is 10.1. The molecule has 0 aliphatic carbocycles. The van der Waals surface area contributed by atoms with Gasteiger partial charge in [0.25, 0.3) is 0 Å². The highest BCUT2D eigenvalue weighted by Crippen LogP contribution is 2.26. The van der Waals surface area contributed by atoms with Crippen molar-refractivity contribution in [3.63, 3.8) is 0 Å². The molecule has 0 bridgehead atoms. The summed E-state index contributed by atoms with van der Waals surface area (Å²) in [6, 6.07) is 3.69. The van der Waals surface area contributed by atoms with Crippen LogP contribution in [0.2, 0.25) is 0 Å². The number of piperazine rings is 1. The molecule has 2 aliphatic rings. The molecule has 1 N–H and O–H groups in total. The standard InChI is InChI=1S/C16H22FN3O3S/c1-12-4-5-13(17)9-15(12)24(22,23)19-7-2-3-14(11-19)20-8-6-18-10-16(20)21/h4-5,9,14,18H,2-3,6-8,10-11H2,1H3. The fourth-order valence-electron chi connectivity index (χ4n) is 3.39. The Bertz CT molecular complexity index is 738. The maximum atomic E-state index is 13.5. The Kier molecular flexibility index (Phi) is 4.89. The lowest BCUT2D eigenvalue weighted by Crippen LogP contribution is -2.57. The van der Waals surface area contributed by atoms with Gasteiger partial charge in [0.2, 0.25) is 15.9 Å². The van der Waals surface area contributed by atoms with E-state index >= 15 is 0 Å². The Hall–Kier alpha value is -1.51. The van der Waals surface area contributed by atoms with Gasteiger partial charge in [0.1, 0.15) is 5.82 Å². The van der Waals surface area contributed by atoms with E-state index in [0.717, 1.165) is 19.0 Å². The average molecular weight is 355 g/mol. The van der Waals surface area contributed by atoms with Crippen LogP contribution in [0.3, 0.4) is 0 Å². The van der Waals surface area contributed by atoms with E-state index < -0.39 is 15.8 Å². The molecule has 1 atom stereocenters. The van der Waals surface area contributed by atoms with Crippen molar-refractivity contribution in [2.24, 2.45) is 0 Å². The average Bonchev–Trinajstić information content (AvgIpc) is 2.57. The first kappa shape index (κ1) is 17.3. The van der Waals surface area contributed by atoms with Crippen molar-refractivity contribution < 1.29 is 17.6 Å². The third-order valence-electron chi connectivity index (χ3n) is 4.69. The van der Waals surface area contributed by atoms with Crippen LogP contribution in [0.15, 0.2) is 23.1 Å². The van der Waals surface area contributed by atoms with Gasteiger partial charge in [-0.15, -0.1) is 0 Å². The van der Waals surface area contributed by atoms with Crippen molar-refractivity contribution in [3.8, 4) is 0 Å². The molecular formula is C16H22FN3O3S. The summed E-state index contributed by atoms with van der Waals surface area (Å²) < 4.78 is 40.7. The summed E-state index contributed by atoms with van der Waals surface area (Å²) in [5.41, 5.74) is 0.525. The predicted molar refractivity (Wildman–Crippen MR) is 87.5 cm³/mol. The molecule has 24 heavy (non-hydrogen) atoms. The molecule has 1 aromatic carbocycles. The molecule has 1 unspecified atom stereocenters. The van der Waals surface area contributed by atoms with Crippen molar-refractivity contribution in [1.29, 1.82) is 0 Å². The zero-order chi connectivity index (χ0) is 17.3. The molecule has 1 aromatic rings. The molecule has 132 valence electrons. The minimum Gasteiger partial charge on any atom is -0.336 e. The fraction of sp³-hybridized carbons (Fsp3) is 0.562. The zero-order valence-corrected chi connectivity index (χ0v) is 14.5. The number of piperidine rings is 1. The summed E-state index contributed by atoms with van der Waals surface area (Å²) in [4.78, 5) is 13.8. The molecule has 1 amide bonds. The van der Waals surface area contributed by atoms with Crippen LogP contribution >= 0.6 is 0 Å². The number of sulfonamides is 1. The van der Waals surface area contributed by atoms with Crippen LogP contribution in [-0.2, 0) is 14.8 Å². The van der Waals surface area contributed by atoms with Crippen molar-refractivity contribution in [1.82, 2.24) is 14.5 Å². The number of aryl methyl sites for hydroxylation is 1. The molecule has 0 saturated carbocycles. The van der Waals surface area contributed by atoms with Crippen LogP contribution < -0.4 is 5.32 Å². The van der Waals surface area contributed by atoms with Gasteiger partial charge in [-0.3, -0.25) is 4.79 Å². The maximum Gasteiger partial charge on any atom is 0.243 e. The van der Waals surface area contributed by atoms with Gasteiger partial charge >= 0.3 is 0 Å². The second-order valence-electron chi connectivity index (χ2n) is 6.33. The zero-order valence-electron chi connectivity index (χ0n) is 13.7. The predicted octanol–water partition coefficient (Wildman–Crippen LogP) is 0.719. The number of halogens is 1. The number of carbonyl (C=O) groups is 1. The lowest BCUT2D eigenvalue weighted by molar-refractivity contribution is -0.135. The second-order valence-corrected chi connectivity index (χ2v) is 8.24. The largest absolute Gasteiger partial charge is 0.336 e. The minimum atomic E-state index is -3.76. The van der Waals surface area contributed by atoms with Crippen LogP contribution in [0.4, 0.5) is 4.39 Å². The molecule has 0 aromatic heterocycles. The van der Waals surface area contributed by atoms with E-state index in [9.17, 15) is 17.6 Å². The first-order valence-corrected chi connectivity index (χ1v) is 9.60. The third-order valence-corrected chi connectivity index (χ3v) is 6.70. The molecule has 6 nitrogen and oxygen atoms in total. The molecule has 2 fully saturated rings. The Balaban J connectivity index is 1.83. The minimum absolute atomic E-state index is 0.00688. The molecule has 8 heteroatoms. The van der Waals surface area contributed by atoms with Crippen LogP contribution in [0.5, 0.6) is 0 Å². The van der Waals surface area contributed by atoms with Gasteiger partial charge in [-0.05, 0) is 37.5 Å². The molecule has 3 rings (SSSR count). The van der Waals surface area contributed by atoms with Crippen LogP contribution in [0, 0.1) is 12.7 Å². The monoisotopic (exact) mass is 355 g/mol. The molecule has 2 saturated heterocycles. The highest BCUT2D eigenvalue weighted by Gasteiger charge is 2.35. The van der Waals surface area contributed by atoms with E-state index in [1.54, 1.807) is 11.8 Å². The number of carbonyl (C=O) groups excluding carboxylic acids is 1. The van der Waals surface area contributed by atoms with Gasteiger partial charge in [0.15, 0.2) is 0 Å². The van der Waals surface area contributed by atoms with E-state index in [4.69, 9.17) is 0 Å². The summed E-state index contributed by atoms with van der Waals surface area (Å²) in [6.07, 6.45) is 1.48. The summed E-state index contributed by atoms with van der Waals surface area (Å²) in [7, 11) is -3.76. The van der Waals surface area contributed by atoms with E-state index in [1.807, 2.05) is 0 Å². The van der Waals surface area contributed by atoms with Crippen LogP contribution in [0.25, 0.3) is 0 Å². The molecule has 0 spiro atoms. The van der Waals surface area contributed by atoms with Crippen molar-refractivity contribution >= 4 is 15.9 Å². The number of amides is 1. The van der Waals surface area contributed by atoms with Crippen molar-refractivity contribution in [3.05, 3.63) is 29.6 Å². The quantitative estimate of drug-likeness (QED) is 0.867. The number of hydrogen-bond acceptors (Lipinski definition) is 4. The number of hydrogen-bond donors (Lipinski definition) is 1. The van der Waals surface area contributed by atoms with Crippen LogP contribution in [-0.4, -0.2) is 62.3 Å². The van der Waals surface area contributed by atoms with Gasteiger partial charge in [-0.25, -0.2) is 12.8 Å². The summed E-state index contributed by atoms with van der Waals surface area (Å²) in [6.45, 7) is 3.94. The molecule has 0 radical (unpaired) electrons. The number of nitrogens with zero attached hydrogens (tertiary/aromatic N) is 2. The topological polar surface area (TPSA) is 69.7 Å². The Morgan fingerprint density at radius 2 is 2.08 bits per heavy atom. The van der Waals surface area contributed by atoms with Crippen molar-refractivity contribution in [2.75, 3.05) is 32.7 Å². The maximum absolute atomic E-state index is 13.5. The van der Waals surface area contributed by atoms with E-state index in [0.29, 0.717) is 31.6 Å². The first-order chi connectivity index (χ1) is 11.4. The van der Waals surface area contributed by atoms with Gasteiger partial charge in [-0.2, -0.15) is 4.31 Å². The smallest absolute Gasteiger partial charge is 0.243 e. The Labute approximate surface area is 141 Å². The Morgan fingerprint density at radius 3 is 2.83 bits per heavy atom. The van der Waals surface area contributed by atoms with Crippen LogP contribution in [0.1, 0.15) is 18.4 Å². The van der Waals surface area contributed by atoms with Gasteiger partial charge < -0.3 is 10.2 Å². The first-order valence-electron chi connectivity index (χ1n) is 8.16. The normalized spacial score (nSPS) is 23.5. The number of benzene rings is 1. The highest BCUT2D eigenvalue weighted by atomic mass is 32.2. The Morgan fingerprint density at radius 1 is 1.29 bits per heavy atom. The summed E-state index contributed by atoms with van der Waals surface area (Å²) in [5.74, 6) is -0.558. The second kappa shape index (κ2) is 6.78. The van der Waals surface area contributed by atoms with E-state index in [2.05, 4.69) is 5.32 Å².